The summed E-state index contributed by atoms with van der Waals surface area (Å²) in [6, 6.07) is 16.9. The predicted molar refractivity (Wildman–Crippen MR) is 102 cm³/mol. The molecule has 138 valence electrons. The lowest BCUT2D eigenvalue weighted by Crippen LogP contribution is -2.42. The van der Waals surface area contributed by atoms with E-state index in [0.29, 0.717) is 6.54 Å². The molecule has 1 fully saturated rings. The van der Waals surface area contributed by atoms with Crippen molar-refractivity contribution < 1.29 is 9.18 Å². The maximum absolute atomic E-state index is 13.0. The van der Waals surface area contributed by atoms with Gasteiger partial charge in [-0.3, -0.25) is 9.69 Å². The van der Waals surface area contributed by atoms with Crippen LogP contribution in [0.3, 0.4) is 0 Å². The fraction of sp³-hybridized carbons (Fsp3) is 0.409. The number of nitrogens with zero attached hydrogens (tertiary/aromatic N) is 2. The average Bonchev–Trinajstić information content (AvgIpc) is 2.69. The number of hydrogen-bond donors (Lipinski definition) is 0. The zero-order valence-electron chi connectivity index (χ0n) is 15.4. The number of carbonyl (C=O) groups excluding carboxylic acids is 1. The van der Waals surface area contributed by atoms with E-state index < -0.39 is 0 Å². The van der Waals surface area contributed by atoms with E-state index in [9.17, 15) is 9.18 Å². The van der Waals surface area contributed by atoms with Crippen molar-refractivity contribution in [2.24, 2.45) is 5.92 Å². The number of halogens is 1. The predicted octanol–water partition coefficient (Wildman–Crippen LogP) is 4.09. The zero-order valence-corrected chi connectivity index (χ0v) is 15.4. The van der Waals surface area contributed by atoms with Crippen LogP contribution in [0, 0.1) is 11.7 Å². The van der Waals surface area contributed by atoms with E-state index >= 15 is 0 Å². The van der Waals surface area contributed by atoms with Crippen molar-refractivity contribution in [2.75, 3.05) is 19.6 Å². The lowest BCUT2D eigenvalue weighted by molar-refractivity contribution is -0.137. The number of hydrogen-bond acceptors (Lipinski definition) is 2. The van der Waals surface area contributed by atoms with Crippen LogP contribution in [0.25, 0.3) is 0 Å². The monoisotopic (exact) mass is 354 g/mol. The van der Waals surface area contributed by atoms with E-state index in [1.807, 2.05) is 42.2 Å². The van der Waals surface area contributed by atoms with Gasteiger partial charge in [-0.1, -0.05) is 42.5 Å². The largest absolute Gasteiger partial charge is 0.338 e. The molecular formula is C22H27FN2O. The third-order valence-corrected chi connectivity index (χ3v) is 5.17. The number of likely N-dealkylation sites (tertiary alicyclic amines) is 1. The summed E-state index contributed by atoms with van der Waals surface area (Å²) >= 11 is 0. The van der Waals surface area contributed by atoms with Crippen LogP contribution in [0.4, 0.5) is 4.39 Å². The van der Waals surface area contributed by atoms with E-state index in [2.05, 4.69) is 17.0 Å². The first-order chi connectivity index (χ1) is 12.7. The maximum atomic E-state index is 13.0. The Morgan fingerprint density at radius 2 is 1.69 bits per heavy atom. The number of piperidine rings is 1. The highest BCUT2D eigenvalue weighted by molar-refractivity contribution is 5.79. The third kappa shape index (κ3) is 4.92. The Labute approximate surface area is 155 Å². The van der Waals surface area contributed by atoms with Crippen LogP contribution in [-0.2, 0) is 17.9 Å². The molecule has 0 unspecified atom stereocenters. The molecule has 0 radical (unpaired) electrons. The van der Waals surface area contributed by atoms with Crippen LogP contribution in [0.5, 0.6) is 0 Å². The Kier molecular flexibility index (Phi) is 6.40. The molecule has 1 saturated heterocycles. The van der Waals surface area contributed by atoms with Crippen molar-refractivity contribution in [1.82, 2.24) is 9.80 Å². The molecule has 26 heavy (non-hydrogen) atoms. The quantitative estimate of drug-likeness (QED) is 0.780. The van der Waals surface area contributed by atoms with Gasteiger partial charge < -0.3 is 4.90 Å². The Morgan fingerprint density at radius 1 is 1.04 bits per heavy atom. The van der Waals surface area contributed by atoms with Gasteiger partial charge >= 0.3 is 0 Å². The molecule has 4 heteroatoms. The van der Waals surface area contributed by atoms with Gasteiger partial charge in [0.2, 0.25) is 5.91 Å². The first-order valence-electron chi connectivity index (χ1n) is 9.45. The van der Waals surface area contributed by atoms with Gasteiger partial charge in [0.05, 0.1) is 0 Å². The van der Waals surface area contributed by atoms with E-state index in [4.69, 9.17) is 0 Å². The summed E-state index contributed by atoms with van der Waals surface area (Å²) in [6.07, 6.45) is 1.79. The highest BCUT2D eigenvalue weighted by atomic mass is 19.1. The number of carbonyl (C=O) groups is 1. The lowest BCUT2D eigenvalue weighted by Gasteiger charge is -2.34. The summed E-state index contributed by atoms with van der Waals surface area (Å²) in [5, 5.41) is 0. The molecule has 3 nitrogen and oxygen atoms in total. The smallest absolute Gasteiger partial charge is 0.226 e. The Balaban J connectivity index is 1.51. The molecule has 2 aromatic carbocycles. The van der Waals surface area contributed by atoms with Crippen molar-refractivity contribution in [3.8, 4) is 0 Å². The van der Waals surface area contributed by atoms with Crippen molar-refractivity contribution in [2.45, 2.75) is 32.9 Å². The molecule has 0 bridgehead atoms. The number of amides is 1. The molecule has 0 N–H and O–H groups in total. The maximum Gasteiger partial charge on any atom is 0.226 e. The number of rotatable bonds is 6. The van der Waals surface area contributed by atoms with Crippen LogP contribution in [0.1, 0.15) is 30.9 Å². The van der Waals surface area contributed by atoms with Crippen LogP contribution >= 0.6 is 0 Å². The summed E-state index contributed by atoms with van der Waals surface area (Å²) < 4.78 is 13.0. The van der Waals surface area contributed by atoms with Crippen LogP contribution in [0.15, 0.2) is 54.6 Å². The summed E-state index contributed by atoms with van der Waals surface area (Å²) in [4.78, 5) is 17.2. The van der Waals surface area contributed by atoms with Crippen LogP contribution in [0.2, 0.25) is 0 Å². The van der Waals surface area contributed by atoms with E-state index in [1.165, 1.54) is 17.7 Å². The normalized spacial score (nSPS) is 15.8. The molecule has 1 heterocycles. The molecule has 0 aliphatic carbocycles. The fourth-order valence-corrected chi connectivity index (χ4v) is 3.59. The first kappa shape index (κ1) is 18.6. The Morgan fingerprint density at radius 3 is 2.31 bits per heavy atom. The van der Waals surface area contributed by atoms with Gasteiger partial charge in [-0.15, -0.1) is 0 Å². The minimum Gasteiger partial charge on any atom is -0.338 e. The molecule has 0 saturated carbocycles. The average molecular weight is 354 g/mol. The molecule has 1 aliphatic heterocycles. The van der Waals surface area contributed by atoms with Crippen LogP contribution < -0.4 is 0 Å². The molecule has 1 aliphatic rings. The lowest BCUT2D eigenvalue weighted by atomic mass is 9.94. The van der Waals surface area contributed by atoms with Gasteiger partial charge in [0.25, 0.3) is 0 Å². The minimum absolute atomic E-state index is 0.114. The molecular weight excluding hydrogens is 327 g/mol. The van der Waals surface area contributed by atoms with Gasteiger partial charge in [0.1, 0.15) is 5.82 Å². The van der Waals surface area contributed by atoms with Crippen LogP contribution in [-0.4, -0.2) is 35.3 Å². The Bertz CT molecular complexity index is 694. The molecule has 1 amide bonds. The second-order valence-electron chi connectivity index (χ2n) is 7.01. The van der Waals surface area contributed by atoms with Gasteiger partial charge in [0, 0.05) is 25.6 Å². The molecule has 2 aromatic rings. The topological polar surface area (TPSA) is 23.6 Å². The minimum atomic E-state index is -0.198. The van der Waals surface area contributed by atoms with Crippen molar-refractivity contribution in [1.29, 1.82) is 0 Å². The highest BCUT2D eigenvalue weighted by Crippen LogP contribution is 2.22. The summed E-state index contributed by atoms with van der Waals surface area (Å²) in [7, 11) is 0. The fourth-order valence-electron chi connectivity index (χ4n) is 3.59. The van der Waals surface area contributed by atoms with Gasteiger partial charge in [0.15, 0.2) is 0 Å². The summed E-state index contributed by atoms with van der Waals surface area (Å²) in [6.45, 7) is 6.12. The molecule has 3 rings (SSSR count). The number of benzene rings is 2. The van der Waals surface area contributed by atoms with Crippen molar-refractivity contribution in [3.05, 3.63) is 71.5 Å². The standard InChI is InChI=1S/C22H27FN2O/c1-2-25(17-18-6-4-3-5-7-18)22(26)20-12-14-24(15-13-20)16-19-8-10-21(23)11-9-19/h3-11,20H,2,12-17H2,1H3. The van der Waals surface area contributed by atoms with Gasteiger partial charge in [-0.25, -0.2) is 4.39 Å². The first-order valence-corrected chi connectivity index (χ1v) is 9.45. The van der Waals surface area contributed by atoms with Crippen molar-refractivity contribution in [3.63, 3.8) is 0 Å². The van der Waals surface area contributed by atoms with Gasteiger partial charge in [-0.2, -0.15) is 0 Å². The van der Waals surface area contributed by atoms with E-state index in [0.717, 1.165) is 44.6 Å². The zero-order chi connectivity index (χ0) is 18.4. The van der Waals surface area contributed by atoms with E-state index in [-0.39, 0.29) is 17.6 Å². The molecule has 0 aromatic heterocycles. The van der Waals surface area contributed by atoms with Crippen molar-refractivity contribution >= 4 is 5.91 Å². The summed E-state index contributed by atoms with van der Waals surface area (Å²) in [5.74, 6) is 0.192. The molecule has 0 atom stereocenters. The molecule has 0 spiro atoms. The van der Waals surface area contributed by atoms with E-state index in [1.54, 1.807) is 0 Å². The third-order valence-electron chi connectivity index (χ3n) is 5.17. The SMILES string of the molecule is CCN(Cc1ccccc1)C(=O)C1CCN(Cc2ccc(F)cc2)CC1. The summed E-state index contributed by atoms with van der Waals surface area (Å²) in [5.41, 5.74) is 2.30. The second-order valence-corrected chi connectivity index (χ2v) is 7.01. The highest BCUT2D eigenvalue weighted by Gasteiger charge is 2.28. The van der Waals surface area contributed by atoms with Gasteiger partial charge in [-0.05, 0) is 56.1 Å². The second kappa shape index (κ2) is 8.95. The Hall–Kier alpha value is -2.20.